The average Bonchev–Trinajstić information content (AvgIpc) is 2.82. The molecule has 0 aliphatic heterocycles. The number of likely N-dealkylation sites (N-methyl/N-ethyl adjacent to an activating group) is 1. The first-order valence-electron chi connectivity index (χ1n) is 6.43. The van der Waals surface area contributed by atoms with Gasteiger partial charge in [-0.25, -0.2) is 0 Å². The van der Waals surface area contributed by atoms with Gasteiger partial charge in [-0.1, -0.05) is 6.07 Å². The van der Waals surface area contributed by atoms with Gasteiger partial charge in [-0.3, -0.25) is 4.79 Å². The second-order valence-electron chi connectivity index (χ2n) is 5.07. The summed E-state index contributed by atoms with van der Waals surface area (Å²) >= 11 is 1.83. The van der Waals surface area contributed by atoms with Crippen LogP contribution in [0, 0.1) is 0 Å². The van der Waals surface area contributed by atoms with E-state index in [2.05, 4.69) is 36.4 Å². The van der Waals surface area contributed by atoms with Gasteiger partial charge in [-0.2, -0.15) is 0 Å². The lowest BCUT2D eigenvalue weighted by Crippen LogP contribution is -2.41. The quantitative estimate of drug-likeness (QED) is 0.819. The molecule has 0 saturated heterocycles. The predicted molar refractivity (Wildman–Crippen MR) is 72.5 cm³/mol. The van der Waals surface area contributed by atoms with Gasteiger partial charge in [0.05, 0.1) is 0 Å². The number of carbonyl (C=O) groups excluding carboxylic acids is 1. The van der Waals surface area contributed by atoms with Crippen LogP contribution in [0.1, 0.15) is 37.5 Å². The Balaban J connectivity index is 1.86. The molecule has 1 aliphatic rings. The molecule has 1 atom stereocenters. The van der Waals surface area contributed by atoms with Crippen LogP contribution in [0.15, 0.2) is 17.5 Å². The largest absolute Gasteiger partial charge is 0.300 e. The lowest BCUT2D eigenvalue weighted by Gasteiger charge is -2.35. The van der Waals surface area contributed by atoms with Crippen LogP contribution in [0.5, 0.6) is 0 Å². The van der Waals surface area contributed by atoms with Crippen LogP contribution in [0.2, 0.25) is 0 Å². The van der Waals surface area contributed by atoms with Crippen molar-refractivity contribution in [3.8, 4) is 0 Å². The number of hydrogen-bond donors (Lipinski definition) is 0. The third-order valence-corrected chi connectivity index (χ3v) is 4.76. The van der Waals surface area contributed by atoms with E-state index in [1.807, 2.05) is 11.3 Å². The van der Waals surface area contributed by atoms with E-state index in [0.29, 0.717) is 17.9 Å². The summed E-state index contributed by atoms with van der Waals surface area (Å²) in [6.07, 6.45) is 4.77. The summed E-state index contributed by atoms with van der Waals surface area (Å²) in [5.74, 6) is 0.445. The summed E-state index contributed by atoms with van der Waals surface area (Å²) in [4.78, 5) is 15.2. The fourth-order valence-corrected chi connectivity index (χ4v) is 3.38. The topological polar surface area (TPSA) is 20.3 Å². The average molecular weight is 251 g/mol. The standard InChI is InChI=1S/C14H21NOS/c1-11(10-14-4-3-9-17-14)15(2)12-5-7-13(16)8-6-12/h3-4,9,11-12H,5-8,10H2,1-2H3. The Morgan fingerprint density at radius 1 is 1.47 bits per heavy atom. The van der Waals surface area contributed by atoms with Crippen molar-refractivity contribution in [2.24, 2.45) is 0 Å². The van der Waals surface area contributed by atoms with Crippen molar-refractivity contribution in [2.75, 3.05) is 7.05 Å². The Hall–Kier alpha value is -0.670. The van der Waals surface area contributed by atoms with E-state index in [4.69, 9.17) is 0 Å². The zero-order chi connectivity index (χ0) is 12.3. The Kier molecular flexibility index (Phi) is 4.35. The fraction of sp³-hybridized carbons (Fsp3) is 0.643. The Bertz CT molecular complexity index is 350. The normalized spacial score (nSPS) is 19.8. The molecular weight excluding hydrogens is 230 g/mol. The van der Waals surface area contributed by atoms with E-state index in [9.17, 15) is 4.79 Å². The van der Waals surface area contributed by atoms with Crippen LogP contribution in [0.25, 0.3) is 0 Å². The molecule has 0 bridgehead atoms. The minimum atomic E-state index is 0.445. The molecule has 1 heterocycles. The second-order valence-corrected chi connectivity index (χ2v) is 6.10. The van der Waals surface area contributed by atoms with Crippen molar-refractivity contribution in [3.63, 3.8) is 0 Å². The van der Waals surface area contributed by atoms with Gasteiger partial charge in [0.25, 0.3) is 0 Å². The van der Waals surface area contributed by atoms with Crippen LogP contribution in [-0.2, 0) is 11.2 Å². The molecule has 0 radical (unpaired) electrons. The van der Waals surface area contributed by atoms with E-state index >= 15 is 0 Å². The SMILES string of the molecule is CC(Cc1cccs1)N(C)C1CCC(=O)CC1. The minimum absolute atomic E-state index is 0.445. The highest BCUT2D eigenvalue weighted by molar-refractivity contribution is 7.09. The van der Waals surface area contributed by atoms with Crippen molar-refractivity contribution >= 4 is 17.1 Å². The summed E-state index contributed by atoms with van der Waals surface area (Å²) in [6.45, 7) is 2.29. The summed E-state index contributed by atoms with van der Waals surface area (Å²) in [5, 5.41) is 2.14. The zero-order valence-electron chi connectivity index (χ0n) is 10.7. The molecule has 1 aromatic heterocycles. The first-order valence-corrected chi connectivity index (χ1v) is 7.31. The van der Waals surface area contributed by atoms with Gasteiger partial charge in [-0.05, 0) is 44.7 Å². The van der Waals surface area contributed by atoms with Gasteiger partial charge in [0.1, 0.15) is 5.78 Å². The molecule has 0 spiro atoms. The van der Waals surface area contributed by atoms with Gasteiger partial charge in [0, 0.05) is 29.8 Å². The zero-order valence-corrected chi connectivity index (χ0v) is 11.5. The van der Waals surface area contributed by atoms with Gasteiger partial charge in [0.2, 0.25) is 0 Å². The highest BCUT2D eigenvalue weighted by atomic mass is 32.1. The summed E-state index contributed by atoms with van der Waals surface area (Å²) in [5.41, 5.74) is 0. The molecule has 2 rings (SSSR count). The van der Waals surface area contributed by atoms with Crippen molar-refractivity contribution in [1.29, 1.82) is 0 Å². The second kappa shape index (κ2) is 5.78. The van der Waals surface area contributed by atoms with Crippen LogP contribution in [0.3, 0.4) is 0 Å². The molecule has 94 valence electrons. The molecule has 1 aromatic rings. The van der Waals surface area contributed by atoms with Crippen molar-refractivity contribution in [3.05, 3.63) is 22.4 Å². The summed E-state index contributed by atoms with van der Waals surface area (Å²) < 4.78 is 0. The van der Waals surface area contributed by atoms with Crippen molar-refractivity contribution in [2.45, 2.75) is 51.1 Å². The predicted octanol–water partition coefficient (Wildman–Crippen LogP) is 3.12. The molecule has 17 heavy (non-hydrogen) atoms. The number of Topliss-reactive ketones (excluding diaryl/α,β-unsaturated/α-hetero) is 1. The molecule has 0 N–H and O–H groups in total. The monoisotopic (exact) mass is 251 g/mol. The number of rotatable bonds is 4. The molecule has 1 aliphatic carbocycles. The van der Waals surface area contributed by atoms with E-state index < -0.39 is 0 Å². The number of nitrogens with zero attached hydrogens (tertiary/aromatic N) is 1. The van der Waals surface area contributed by atoms with E-state index in [0.717, 1.165) is 32.1 Å². The molecule has 1 fully saturated rings. The van der Waals surface area contributed by atoms with Crippen LogP contribution in [-0.4, -0.2) is 29.8 Å². The lowest BCUT2D eigenvalue weighted by molar-refractivity contribution is -0.121. The molecule has 3 heteroatoms. The molecule has 1 saturated carbocycles. The van der Waals surface area contributed by atoms with E-state index in [1.165, 1.54) is 4.88 Å². The third-order valence-electron chi connectivity index (χ3n) is 3.86. The third kappa shape index (κ3) is 3.39. The first-order chi connectivity index (χ1) is 8.16. The molecule has 0 amide bonds. The van der Waals surface area contributed by atoms with E-state index in [-0.39, 0.29) is 0 Å². The summed E-state index contributed by atoms with van der Waals surface area (Å²) in [7, 11) is 2.21. The van der Waals surface area contributed by atoms with Crippen LogP contribution < -0.4 is 0 Å². The van der Waals surface area contributed by atoms with Gasteiger partial charge >= 0.3 is 0 Å². The lowest BCUT2D eigenvalue weighted by atomic mass is 9.92. The van der Waals surface area contributed by atoms with E-state index in [1.54, 1.807) is 0 Å². The van der Waals surface area contributed by atoms with Crippen LogP contribution in [0.4, 0.5) is 0 Å². The Morgan fingerprint density at radius 3 is 2.76 bits per heavy atom. The van der Waals surface area contributed by atoms with Gasteiger partial charge < -0.3 is 4.90 Å². The smallest absolute Gasteiger partial charge is 0.133 e. The number of carbonyl (C=O) groups is 1. The Labute approximate surface area is 108 Å². The number of thiophene rings is 1. The fourth-order valence-electron chi connectivity index (χ4n) is 2.56. The van der Waals surface area contributed by atoms with Crippen LogP contribution >= 0.6 is 11.3 Å². The van der Waals surface area contributed by atoms with Crippen molar-refractivity contribution < 1.29 is 4.79 Å². The van der Waals surface area contributed by atoms with Gasteiger partial charge in [-0.15, -0.1) is 11.3 Å². The first kappa shape index (κ1) is 12.8. The minimum Gasteiger partial charge on any atom is -0.300 e. The highest BCUT2D eigenvalue weighted by Gasteiger charge is 2.25. The number of ketones is 1. The molecule has 0 aromatic carbocycles. The maximum Gasteiger partial charge on any atom is 0.133 e. The maximum absolute atomic E-state index is 11.2. The van der Waals surface area contributed by atoms with Gasteiger partial charge in [0.15, 0.2) is 0 Å². The molecular formula is C14H21NOS. The molecule has 1 unspecified atom stereocenters. The highest BCUT2D eigenvalue weighted by Crippen LogP contribution is 2.23. The van der Waals surface area contributed by atoms with Crippen molar-refractivity contribution in [1.82, 2.24) is 4.90 Å². The number of hydrogen-bond acceptors (Lipinski definition) is 3. The Morgan fingerprint density at radius 2 is 2.18 bits per heavy atom. The molecule has 2 nitrogen and oxygen atoms in total. The summed E-state index contributed by atoms with van der Waals surface area (Å²) in [6, 6.07) is 5.49. The maximum atomic E-state index is 11.2.